The highest BCUT2D eigenvalue weighted by Crippen LogP contribution is 2.05. The van der Waals surface area contributed by atoms with E-state index in [9.17, 15) is 4.79 Å². The molecule has 0 N–H and O–H groups in total. The number of nitrogens with zero attached hydrogens (tertiary/aromatic N) is 1. The Bertz CT molecular complexity index is 441. The van der Waals surface area contributed by atoms with E-state index in [0.717, 1.165) is 6.08 Å². The Morgan fingerprint density at radius 3 is 3.00 bits per heavy atom. The van der Waals surface area contributed by atoms with Crippen LogP contribution in [0, 0.1) is 11.3 Å². The van der Waals surface area contributed by atoms with Gasteiger partial charge >= 0.3 is 5.97 Å². The van der Waals surface area contributed by atoms with Crippen molar-refractivity contribution in [2.45, 2.75) is 0 Å². The Hall–Kier alpha value is -2.30. The molecule has 1 aliphatic carbocycles. The van der Waals surface area contributed by atoms with Crippen LogP contribution in [0.3, 0.4) is 0 Å². The molecule has 0 aliphatic heterocycles. The molecule has 0 radical (unpaired) electrons. The maximum absolute atomic E-state index is 10.8. The van der Waals surface area contributed by atoms with Gasteiger partial charge < -0.3 is 4.74 Å². The first-order valence-corrected chi connectivity index (χ1v) is 4.30. The monoisotopic (exact) mass is 199 g/mol. The van der Waals surface area contributed by atoms with Gasteiger partial charge in [0.1, 0.15) is 12.7 Å². The molecule has 3 nitrogen and oxygen atoms in total. The second kappa shape index (κ2) is 5.43. The first-order valence-electron chi connectivity index (χ1n) is 4.30. The molecule has 15 heavy (non-hydrogen) atoms. The van der Waals surface area contributed by atoms with Crippen molar-refractivity contribution >= 4 is 5.97 Å². The van der Waals surface area contributed by atoms with E-state index >= 15 is 0 Å². The second-order valence-corrected chi connectivity index (χ2v) is 2.71. The summed E-state index contributed by atoms with van der Waals surface area (Å²) in [5.74, 6) is -0.492. The van der Waals surface area contributed by atoms with E-state index in [-0.39, 0.29) is 6.61 Å². The van der Waals surface area contributed by atoms with E-state index in [1.54, 1.807) is 24.3 Å². The third kappa shape index (κ3) is 3.51. The van der Waals surface area contributed by atoms with Crippen LogP contribution in [0.5, 0.6) is 0 Å². The zero-order valence-corrected chi connectivity index (χ0v) is 8.06. The Morgan fingerprint density at radius 1 is 1.60 bits per heavy atom. The van der Waals surface area contributed by atoms with E-state index < -0.39 is 5.97 Å². The smallest absolute Gasteiger partial charge is 0.330 e. The van der Waals surface area contributed by atoms with E-state index in [1.165, 1.54) is 0 Å². The van der Waals surface area contributed by atoms with E-state index in [2.05, 4.69) is 12.3 Å². The topological polar surface area (TPSA) is 50.1 Å². The molecule has 0 heterocycles. The number of ether oxygens (including phenoxy) is 1. The summed E-state index contributed by atoms with van der Waals surface area (Å²) in [6.45, 7) is 3.37. The van der Waals surface area contributed by atoms with Gasteiger partial charge in [0.15, 0.2) is 0 Å². The SMILES string of the molecule is C=CC(=O)OCC1=C=C(C#N)C=CC=C1. The van der Waals surface area contributed by atoms with Crippen LogP contribution in [0.1, 0.15) is 0 Å². The first-order chi connectivity index (χ1) is 7.26. The zero-order chi connectivity index (χ0) is 11.1. The van der Waals surface area contributed by atoms with Gasteiger partial charge in [0.25, 0.3) is 0 Å². The highest BCUT2D eigenvalue weighted by molar-refractivity contribution is 5.81. The van der Waals surface area contributed by atoms with Gasteiger partial charge in [-0.3, -0.25) is 0 Å². The predicted octanol–water partition coefficient (Wildman–Crippen LogP) is 1.82. The molecule has 0 unspecified atom stereocenters. The molecule has 1 aliphatic rings. The lowest BCUT2D eigenvalue weighted by molar-refractivity contribution is -0.136. The lowest BCUT2D eigenvalue weighted by Gasteiger charge is -1.99. The summed E-state index contributed by atoms with van der Waals surface area (Å²) in [5, 5.41) is 8.69. The van der Waals surface area contributed by atoms with Crippen LogP contribution in [0.2, 0.25) is 0 Å². The minimum absolute atomic E-state index is 0.0915. The molecule has 3 heteroatoms. The molecule has 0 amide bonds. The van der Waals surface area contributed by atoms with Crippen molar-refractivity contribution in [1.82, 2.24) is 0 Å². The summed E-state index contributed by atoms with van der Waals surface area (Å²) in [5.41, 5.74) is 3.88. The third-order valence-electron chi connectivity index (χ3n) is 1.62. The number of rotatable bonds is 3. The summed E-state index contributed by atoms with van der Waals surface area (Å²) in [6, 6.07) is 1.97. The highest BCUT2D eigenvalue weighted by Gasteiger charge is 1.99. The Morgan fingerprint density at radius 2 is 2.33 bits per heavy atom. The van der Waals surface area contributed by atoms with Crippen molar-refractivity contribution in [1.29, 1.82) is 5.26 Å². The van der Waals surface area contributed by atoms with Crippen molar-refractivity contribution in [3.63, 3.8) is 0 Å². The summed E-state index contributed by atoms with van der Waals surface area (Å²) in [4.78, 5) is 10.8. The molecular formula is C12H9NO2. The number of allylic oxidation sites excluding steroid dienone is 3. The molecule has 0 aromatic carbocycles. The van der Waals surface area contributed by atoms with Crippen LogP contribution in [-0.4, -0.2) is 12.6 Å². The summed E-state index contributed by atoms with van der Waals surface area (Å²) >= 11 is 0. The minimum atomic E-state index is -0.492. The molecule has 0 aromatic heterocycles. The van der Waals surface area contributed by atoms with Gasteiger partial charge in [0, 0.05) is 11.6 Å². The molecule has 0 aromatic rings. The Labute approximate surface area is 88.0 Å². The molecular weight excluding hydrogens is 190 g/mol. The fraction of sp³-hybridized carbons (Fsp3) is 0.0833. The van der Waals surface area contributed by atoms with Crippen molar-refractivity contribution in [3.05, 3.63) is 53.8 Å². The summed E-state index contributed by atoms with van der Waals surface area (Å²) in [7, 11) is 0. The maximum Gasteiger partial charge on any atom is 0.330 e. The summed E-state index contributed by atoms with van der Waals surface area (Å²) < 4.78 is 4.82. The molecule has 0 atom stereocenters. The number of carbonyl (C=O) groups excluding carboxylic acids is 1. The Kier molecular flexibility index (Phi) is 3.91. The predicted molar refractivity (Wildman–Crippen MR) is 55.6 cm³/mol. The maximum atomic E-state index is 10.8. The molecule has 0 spiro atoms. The van der Waals surface area contributed by atoms with Crippen LogP contribution >= 0.6 is 0 Å². The van der Waals surface area contributed by atoms with Crippen LogP contribution in [0.4, 0.5) is 0 Å². The zero-order valence-electron chi connectivity index (χ0n) is 8.06. The van der Waals surface area contributed by atoms with Gasteiger partial charge in [0.05, 0.1) is 5.57 Å². The number of carbonyl (C=O) groups is 1. The molecule has 1 rings (SSSR count). The first kappa shape index (κ1) is 10.8. The number of nitriles is 1. The number of hydrogen-bond acceptors (Lipinski definition) is 3. The van der Waals surface area contributed by atoms with Crippen molar-refractivity contribution < 1.29 is 9.53 Å². The lowest BCUT2D eigenvalue weighted by atomic mass is 10.2. The van der Waals surface area contributed by atoms with Crippen LogP contribution in [0.25, 0.3) is 0 Å². The normalized spacial score (nSPS) is 13.3. The number of hydrogen-bond donors (Lipinski definition) is 0. The van der Waals surface area contributed by atoms with Gasteiger partial charge in [-0.1, -0.05) is 24.5 Å². The molecule has 0 fully saturated rings. The molecule has 0 saturated heterocycles. The van der Waals surface area contributed by atoms with E-state index in [1.807, 2.05) is 6.07 Å². The fourth-order valence-electron chi connectivity index (χ4n) is 0.937. The average Bonchev–Trinajstić information content (AvgIpc) is 2.50. The van der Waals surface area contributed by atoms with E-state index in [4.69, 9.17) is 10.00 Å². The van der Waals surface area contributed by atoms with Gasteiger partial charge in [-0.15, -0.1) is 0 Å². The second-order valence-electron chi connectivity index (χ2n) is 2.71. The average molecular weight is 199 g/mol. The quantitative estimate of drug-likeness (QED) is 0.395. The van der Waals surface area contributed by atoms with Gasteiger partial charge in [0.2, 0.25) is 0 Å². The standard InChI is InChI=1S/C12H9NO2/c1-2-12(14)15-9-11-6-4-3-5-10(7-11)8-13/h2-6H,1,9H2. The molecule has 74 valence electrons. The third-order valence-corrected chi connectivity index (χ3v) is 1.62. The molecule has 0 bridgehead atoms. The minimum Gasteiger partial charge on any atom is -0.457 e. The molecule has 0 saturated carbocycles. The van der Waals surface area contributed by atoms with Gasteiger partial charge in [-0.2, -0.15) is 5.26 Å². The van der Waals surface area contributed by atoms with Gasteiger partial charge in [-0.05, 0) is 12.2 Å². The van der Waals surface area contributed by atoms with Crippen LogP contribution < -0.4 is 0 Å². The van der Waals surface area contributed by atoms with Crippen molar-refractivity contribution in [2.24, 2.45) is 0 Å². The van der Waals surface area contributed by atoms with Gasteiger partial charge in [-0.25, -0.2) is 4.79 Å². The fourth-order valence-corrected chi connectivity index (χ4v) is 0.937. The van der Waals surface area contributed by atoms with Crippen LogP contribution in [-0.2, 0) is 9.53 Å². The highest BCUT2D eigenvalue weighted by atomic mass is 16.5. The number of esters is 1. The van der Waals surface area contributed by atoms with E-state index in [0.29, 0.717) is 11.1 Å². The largest absolute Gasteiger partial charge is 0.457 e. The lowest BCUT2D eigenvalue weighted by Crippen LogP contribution is -2.02. The summed E-state index contributed by atoms with van der Waals surface area (Å²) in [6.07, 6.45) is 7.95. The van der Waals surface area contributed by atoms with Crippen molar-refractivity contribution in [3.8, 4) is 6.07 Å². The van der Waals surface area contributed by atoms with Crippen molar-refractivity contribution in [2.75, 3.05) is 6.61 Å². The van der Waals surface area contributed by atoms with Crippen LogP contribution in [0.15, 0.2) is 53.8 Å². The Balaban J connectivity index is 2.77.